The van der Waals surface area contributed by atoms with E-state index in [9.17, 15) is 9.90 Å². The fourth-order valence-electron chi connectivity index (χ4n) is 4.68. The van der Waals surface area contributed by atoms with E-state index in [4.69, 9.17) is 10.5 Å². The average Bonchev–Trinajstić information content (AvgIpc) is 3.46. The van der Waals surface area contributed by atoms with Crippen LogP contribution in [0.2, 0.25) is 0 Å². The molecule has 5 rings (SSSR count). The Morgan fingerprint density at radius 3 is 2.47 bits per heavy atom. The number of aliphatic hydroxyl groups excluding tert-OH is 1. The second-order valence-corrected chi connectivity index (χ2v) is 8.76. The van der Waals surface area contributed by atoms with Gasteiger partial charge < -0.3 is 25.5 Å². The van der Waals surface area contributed by atoms with Crippen LogP contribution in [0, 0.1) is 0 Å². The molecule has 1 aliphatic carbocycles. The number of benzene rings is 2. The molecule has 174 valence electrons. The molecule has 4 aromatic rings. The molecule has 0 radical (unpaired) electrons. The van der Waals surface area contributed by atoms with E-state index < -0.39 is 5.54 Å². The normalized spacial score (nSPS) is 14.9. The van der Waals surface area contributed by atoms with Crippen LogP contribution in [0.25, 0.3) is 22.2 Å². The number of nitrogens with zero attached hydrogens (tertiary/aromatic N) is 3. The van der Waals surface area contributed by atoms with E-state index in [2.05, 4.69) is 15.3 Å². The molecule has 8 nitrogen and oxygen atoms in total. The molecule has 2 aromatic carbocycles. The number of anilines is 1. The first-order valence-electron chi connectivity index (χ1n) is 11.4. The molecule has 1 aliphatic rings. The highest BCUT2D eigenvalue weighted by Gasteiger charge is 2.34. The fraction of sp³-hybridized carbons (Fsp3) is 0.269. The van der Waals surface area contributed by atoms with E-state index in [0.717, 1.165) is 42.6 Å². The van der Waals surface area contributed by atoms with Crippen molar-refractivity contribution in [2.45, 2.75) is 37.8 Å². The van der Waals surface area contributed by atoms with Gasteiger partial charge in [0, 0.05) is 11.8 Å². The standard InChI is InChI=1S/C26H27N5O3/c27-24-23-21(18-8-10-20(11-9-18)34-19-6-2-1-3-7-19)14-31(25(23)29-17-28-24)15-22(33)30-26(16-32)12-4-5-13-26/h1-3,6-11,14,17,32H,4-5,12-13,15-16H2,(H,30,33)(H2,27,28,29). The zero-order valence-electron chi connectivity index (χ0n) is 18.8. The maximum Gasteiger partial charge on any atom is 0.240 e. The molecule has 2 heterocycles. The molecule has 34 heavy (non-hydrogen) atoms. The number of rotatable bonds is 7. The molecule has 8 heteroatoms. The zero-order valence-corrected chi connectivity index (χ0v) is 18.8. The Kier molecular flexibility index (Phi) is 5.90. The number of ether oxygens (including phenoxy) is 1. The molecule has 0 atom stereocenters. The van der Waals surface area contributed by atoms with Crippen LogP contribution in [-0.2, 0) is 11.3 Å². The van der Waals surface area contributed by atoms with Crippen LogP contribution in [-0.4, -0.2) is 37.7 Å². The van der Waals surface area contributed by atoms with Gasteiger partial charge in [-0.2, -0.15) is 0 Å². The van der Waals surface area contributed by atoms with Gasteiger partial charge in [0.1, 0.15) is 35.8 Å². The lowest BCUT2D eigenvalue weighted by Gasteiger charge is -2.28. The van der Waals surface area contributed by atoms with Gasteiger partial charge in [-0.05, 0) is 42.7 Å². The minimum atomic E-state index is -0.522. The SMILES string of the molecule is Nc1ncnc2c1c(-c1ccc(Oc3ccccc3)cc1)cn2CC(=O)NC1(CO)CCCC1. The number of hydrogen-bond donors (Lipinski definition) is 3. The van der Waals surface area contributed by atoms with Gasteiger partial charge in [-0.1, -0.05) is 43.2 Å². The molecule has 2 aromatic heterocycles. The van der Waals surface area contributed by atoms with Crippen molar-refractivity contribution in [2.75, 3.05) is 12.3 Å². The Morgan fingerprint density at radius 1 is 1.06 bits per heavy atom. The maximum atomic E-state index is 12.9. The predicted octanol–water partition coefficient (Wildman–Crippen LogP) is 3.89. The number of nitrogen functional groups attached to an aromatic ring is 1. The summed E-state index contributed by atoms with van der Waals surface area (Å²) in [4.78, 5) is 21.5. The van der Waals surface area contributed by atoms with Crippen molar-refractivity contribution in [1.29, 1.82) is 0 Å². The van der Waals surface area contributed by atoms with E-state index >= 15 is 0 Å². The first kappa shape index (κ1) is 21.9. The maximum absolute atomic E-state index is 12.9. The summed E-state index contributed by atoms with van der Waals surface area (Å²) >= 11 is 0. The van der Waals surface area contributed by atoms with Crippen LogP contribution >= 0.6 is 0 Å². The Morgan fingerprint density at radius 2 is 1.76 bits per heavy atom. The predicted molar refractivity (Wildman–Crippen MR) is 130 cm³/mol. The number of hydrogen-bond acceptors (Lipinski definition) is 6. The zero-order chi connectivity index (χ0) is 23.5. The Balaban J connectivity index is 1.42. The number of amides is 1. The molecule has 1 saturated carbocycles. The first-order valence-corrected chi connectivity index (χ1v) is 11.4. The molecular formula is C26H27N5O3. The molecule has 1 amide bonds. The van der Waals surface area contributed by atoms with Crippen LogP contribution in [0.5, 0.6) is 11.5 Å². The van der Waals surface area contributed by atoms with Crippen molar-refractivity contribution in [2.24, 2.45) is 0 Å². The third-order valence-electron chi connectivity index (χ3n) is 6.41. The molecule has 4 N–H and O–H groups in total. The molecule has 0 aliphatic heterocycles. The number of carbonyl (C=O) groups excluding carboxylic acids is 1. The highest BCUT2D eigenvalue weighted by Crippen LogP contribution is 2.34. The van der Waals surface area contributed by atoms with Gasteiger partial charge in [0.15, 0.2) is 0 Å². The lowest BCUT2D eigenvalue weighted by Crippen LogP contribution is -2.50. The summed E-state index contributed by atoms with van der Waals surface area (Å²) < 4.78 is 7.68. The highest BCUT2D eigenvalue weighted by molar-refractivity contribution is 6.01. The van der Waals surface area contributed by atoms with Crippen molar-refractivity contribution in [3.05, 3.63) is 67.1 Å². The number of fused-ring (bicyclic) bond motifs is 1. The van der Waals surface area contributed by atoms with E-state index in [1.165, 1.54) is 6.33 Å². The third-order valence-corrected chi connectivity index (χ3v) is 6.41. The van der Waals surface area contributed by atoms with Crippen molar-refractivity contribution in [1.82, 2.24) is 19.9 Å². The summed E-state index contributed by atoms with van der Waals surface area (Å²) in [5.41, 5.74) is 8.04. The lowest BCUT2D eigenvalue weighted by atomic mass is 9.99. The second kappa shape index (κ2) is 9.15. The highest BCUT2D eigenvalue weighted by atomic mass is 16.5. The fourth-order valence-corrected chi connectivity index (χ4v) is 4.68. The monoisotopic (exact) mass is 457 g/mol. The number of aromatic nitrogens is 3. The minimum Gasteiger partial charge on any atom is -0.457 e. The molecule has 0 saturated heterocycles. The van der Waals surface area contributed by atoms with Crippen molar-refractivity contribution >= 4 is 22.8 Å². The average molecular weight is 458 g/mol. The van der Waals surface area contributed by atoms with Gasteiger partial charge in [0.05, 0.1) is 17.5 Å². The topological polar surface area (TPSA) is 115 Å². The largest absolute Gasteiger partial charge is 0.457 e. The van der Waals surface area contributed by atoms with E-state index in [1.807, 2.05) is 60.8 Å². The van der Waals surface area contributed by atoms with Crippen LogP contribution < -0.4 is 15.8 Å². The summed E-state index contributed by atoms with van der Waals surface area (Å²) in [7, 11) is 0. The van der Waals surface area contributed by atoms with Gasteiger partial charge in [-0.25, -0.2) is 9.97 Å². The summed E-state index contributed by atoms with van der Waals surface area (Å²) in [5, 5.41) is 13.6. The summed E-state index contributed by atoms with van der Waals surface area (Å²) in [6.07, 6.45) is 6.87. The second-order valence-electron chi connectivity index (χ2n) is 8.76. The molecule has 1 fully saturated rings. The van der Waals surface area contributed by atoms with Crippen molar-refractivity contribution in [3.8, 4) is 22.6 Å². The number of carbonyl (C=O) groups is 1. The van der Waals surface area contributed by atoms with Crippen LogP contribution in [0.4, 0.5) is 5.82 Å². The Bertz CT molecular complexity index is 1300. The van der Waals surface area contributed by atoms with Crippen molar-refractivity contribution < 1.29 is 14.6 Å². The minimum absolute atomic E-state index is 0.0526. The van der Waals surface area contributed by atoms with Gasteiger partial charge in [0.25, 0.3) is 0 Å². The smallest absolute Gasteiger partial charge is 0.240 e. The van der Waals surface area contributed by atoms with Crippen LogP contribution in [0.15, 0.2) is 67.1 Å². The number of nitrogens with two attached hydrogens (primary N) is 1. The first-order chi connectivity index (χ1) is 16.6. The van der Waals surface area contributed by atoms with Crippen LogP contribution in [0.3, 0.4) is 0 Å². The quantitative estimate of drug-likeness (QED) is 0.388. The summed E-state index contributed by atoms with van der Waals surface area (Å²) in [6, 6.07) is 17.3. The third kappa shape index (κ3) is 4.32. The molecular weight excluding hydrogens is 430 g/mol. The number of aliphatic hydroxyl groups is 1. The van der Waals surface area contributed by atoms with E-state index in [0.29, 0.717) is 22.6 Å². The summed E-state index contributed by atoms with van der Waals surface area (Å²) in [5.74, 6) is 1.67. The van der Waals surface area contributed by atoms with E-state index in [-0.39, 0.29) is 19.1 Å². The number of nitrogens with one attached hydrogen (secondary N) is 1. The Hall–Kier alpha value is -3.91. The molecule has 0 bridgehead atoms. The number of para-hydroxylation sites is 1. The van der Waals surface area contributed by atoms with Gasteiger partial charge >= 0.3 is 0 Å². The Labute approximate surface area is 197 Å². The van der Waals surface area contributed by atoms with Crippen molar-refractivity contribution in [3.63, 3.8) is 0 Å². The van der Waals surface area contributed by atoms with E-state index in [1.54, 1.807) is 4.57 Å². The van der Waals surface area contributed by atoms with Gasteiger partial charge in [-0.15, -0.1) is 0 Å². The lowest BCUT2D eigenvalue weighted by molar-refractivity contribution is -0.124. The molecule has 0 spiro atoms. The molecule has 0 unspecified atom stereocenters. The van der Waals surface area contributed by atoms with Gasteiger partial charge in [-0.3, -0.25) is 4.79 Å². The summed E-state index contributed by atoms with van der Waals surface area (Å²) in [6.45, 7) is 0.0207. The van der Waals surface area contributed by atoms with Crippen LogP contribution in [0.1, 0.15) is 25.7 Å². The van der Waals surface area contributed by atoms with Gasteiger partial charge in [0.2, 0.25) is 5.91 Å².